The van der Waals surface area contributed by atoms with Crippen LogP contribution in [0.5, 0.6) is 0 Å². The minimum atomic E-state index is 0.164. The standard InChI is InChI=1S/C26H28N4O2/c1-29-16-25(27-28-29)19-6-4-17(5-7-19)11-20-12-24-21(13-23(20)18-8-9-18)14-30(26(24)31)15-22-3-2-10-32-22/h4-7,12-13,16,18,22H,2-3,8-11,14-15H2,1H3. The fraction of sp³-hybridized carbons (Fsp3) is 0.423. The van der Waals surface area contributed by atoms with Gasteiger partial charge in [-0.15, -0.1) is 5.10 Å². The molecule has 2 fully saturated rings. The number of aromatic nitrogens is 3. The molecule has 2 aliphatic heterocycles. The zero-order valence-electron chi connectivity index (χ0n) is 18.5. The quantitative estimate of drug-likeness (QED) is 0.593. The molecule has 0 bridgehead atoms. The highest BCUT2D eigenvalue weighted by Crippen LogP contribution is 2.44. The Kier molecular flexibility index (Phi) is 4.83. The SMILES string of the molecule is Cn1cc(-c2ccc(Cc3cc4c(cc3C3CC3)CN(CC3CCCO3)C4=O)cc2)nn1. The summed E-state index contributed by atoms with van der Waals surface area (Å²) in [5.74, 6) is 0.814. The molecule has 1 atom stereocenters. The van der Waals surface area contributed by atoms with Crippen molar-refractivity contribution in [2.24, 2.45) is 7.05 Å². The second-order valence-electron chi connectivity index (χ2n) is 9.45. The van der Waals surface area contributed by atoms with Gasteiger partial charge in [0, 0.05) is 37.9 Å². The number of nitrogens with zero attached hydrogens (tertiary/aromatic N) is 4. The van der Waals surface area contributed by atoms with Crippen molar-refractivity contribution in [3.63, 3.8) is 0 Å². The molecule has 0 spiro atoms. The molecule has 0 radical (unpaired) electrons. The van der Waals surface area contributed by atoms with Gasteiger partial charge in [0.1, 0.15) is 5.69 Å². The number of fused-ring (bicyclic) bond motifs is 1. The Bertz CT molecular complexity index is 1160. The van der Waals surface area contributed by atoms with Crippen LogP contribution in [0, 0.1) is 0 Å². The molecule has 32 heavy (non-hydrogen) atoms. The average Bonchev–Trinajstić information content (AvgIpc) is 3.19. The molecule has 0 N–H and O–H groups in total. The van der Waals surface area contributed by atoms with Crippen molar-refractivity contribution < 1.29 is 9.53 Å². The highest BCUT2D eigenvalue weighted by molar-refractivity contribution is 5.98. The first-order chi connectivity index (χ1) is 15.6. The third-order valence-electron chi connectivity index (χ3n) is 6.96. The Hall–Kier alpha value is -2.99. The summed E-state index contributed by atoms with van der Waals surface area (Å²) in [5.41, 5.74) is 8.01. The van der Waals surface area contributed by atoms with Gasteiger partial charge in [-0.25, -0.2) is 0 Å². The van der Waals surface area contributed by atoms with Crippen molar-refractivity contribution in [3.05, 3.63) is 70.4 Å². The van der Waals surface area contributed by atoms with E-state index in [1.54, 1.807) is 4.68 Å². The van der Waals surface area contributed by atoms with Crippen LogP contribution in [0.2, 0.25) is 0 Å². The second-order valence-corrected chi connectivity index (χ2v) is 9.45. The summed E-state index contributed by atoms with van der Waals surface area (Å²) in [6.07, 6.45) is 7.64. The van der Waals surface area contributed by atoms with Crippen LogP contribution in [-0.2, 0) is 24.8 Å². The maximum absolute atomic E-state index is 13.1. The van der Waals surface area contributed by atoms with Gasteiger partial charge in [-0.05, 0) is 66.3 Å². The molecule has 2 aromatic carbocycles. The van der Waals surface area contributed by atoms with Crippen LogP contribution in [0.25, 0.3) is 11.3 Å². The number of aryl methyl sites for hydroxylation is 1. The van der Waals surface area contributed by atoms with Crippen LogP contribution < -0.4 is 0 Å². The Labute approximate surface area is 188 Å². The molecule has 1 amide bonds. The summed E-state index contributed by atoms with van der Waals surface area (Å²) in [5, 5.41) is 8.22. The molecule has 1 aliphatic carbocycles. The van der Waals surface area contributed by atoms with Crippen LogP contribution >= 0.6 is 0 Å². The fourth-order valence-corrected chi connectivity index (χ4v) is 5.09. The van der Waals surface area contributed by atoms with Crippen LogP contribution in [0.1, 0.15) is 64.2 Å². The number of hydrogen-bond donors (Lipinski definition) is 0. The highest BCUT2D eigenvalue weighted by atomic mass is 16.5. The molecule has 3 aromatic rings. The van der Waals surface area contributed by atoms with E-state index in [1.165, 1.54) is 35.1 Å². The smallest absolute Gasteiger partial charge is 0.254 e. The van der Waals surface area contributed by atoms with E-state index in [4.69, 9.17) is 4.74 Å². The number of hydrogen-bond acceptors (Lipinski definition) is 4. The second kappa shape index (κ2) is 7.85. The normalized spacial score (nSPS) is 20.2. The van der Waals surface area contributed by atoms with Crippen LogP contribution in [0.3, 0.4) is 0 Å². The molecule has 6 rings (SSSR count). The first-order valence-electron chi connectivity index (χ1n) is 11.7. The van der Waals surface area contributed by atoms with Crippen LogP contribution in [-0.4, -0.2) is 45.1 Å². The summed E-state index contributed by atoms with van der Waals surface area (Å²) < 4.78 is 7.49. The molecule has 3 aliphatic rings. The minimum Gasteiger partial charge on any atom is -0.376 e. The van der Waals surface area contributed by atoms with Crippen molar-refractivity contribution in [2.45, 2.75) is 50.7 Å². The van der Waals surface area contributed by atoms with Crippen molar-refractivity contribution in [1.82, 2.24) is 19.9 Å². The van der Waals surface area contributed by atoms with Gasteiger partial charge in [0.15, 0.2) is 0 Å². The van der Waals surface area contributed by atoms with Gasteiger partial charge < -0.3 is 9.64 Å². The van der Waals surface area contributed by atoms with Crippen LogP contribution in [0.15, 0.2) is 42.6 Å². The van der Waals surface area contributed by atoms with E-state index >= 15 is 0 Å². The number of ether oxygens (including phenoxy) is 1. The van der Waals surface area contributed by atoms with Crippen molar-refractivity contribution >= 4 is 5.91 Å². The molecule has 6 nitrogen and oxygen atoms in total. The van der Waals surface area contributed by atoms with Gasteiger partial charge >= 0.3 is 0 Å². The Balaban J connectivity index is 1.25. The molecular formula is C26H28N4O2. The van der Waals surface area contributed by atoms with Crippen molar-refractivity contribution in [1.29, 1.82) is 0 Å². The van der Waals surface area contributed by atoms with Gasteiger partial charge in [0.05, 0.1) is 12.3 Å². The van der Waals surface area contributed by atoms with E-state index in [2.05, 4.69) is 46.7 Å². The van der Waals surface area contributed by atoms with Gasteiger partial charge in [-0.2, -0.15) is 0 Å². The summed E-state index contributed by atoms with van der Waals surface area (Å²) in [6, 6.07) is 13.1. The molecule has 6 heteroatoms. The largest absolute Gasteiger partial charge is 0.376 e. The molecule has 164 valence electrons. The number of carbonyl (C=O) groups excluding carboxylic acids is 1. The van der Waals surface area contributed by atoms with Gasteiger partial charge in [0.25, 0.3) is 5.91 Å². The van der Waals surface area contributed by atoms with Crippen molar-refractivity contribution in [3.8, 4) is 11.3 Å². The van der Waals surface area contributed by atoms with Gasteiger partial charge in [-0.1, -0.05) is 35.5 Å². The van der Waals surface area contributed by atoms with Gasteiger partial charge in [-0.3, -0.25) is 9.48 Å². The lowest BCUT2D eigenvalue weighted by Gasteiger charge is -2.19. The van der Waals surface area contributed by atoms with Crippen molar-refractivity contribution in [2.75, 3.05) is 13.2 Å². The van der Waals surface area contributed by atoms with E-state index in [9.17, 15) is 4.79 Å². The topological polar surface area (TPSA) is 60.2 Å². The van der Waals surface area contributed by atoms with E-state index in [1.807, 2.05) is 18.1 Å². The van der Waals surface area contributed by atoms with E-state index < -0.39 is 0 Å². The average molecular weight is 429 g/mol. The number of benzene rings is 2. The summed E-state index contributed by atoms with van der Waals surface area (Å²) in [4.78, 5) is 15.1. The third kappa shape index (κ3) is 3.73. The maximum Gasteiger partial charge on any atom is 0.254 e. The highest BCUT2D eigenvalue weighted by Gasteiger charge is 2.34. The summed E-state index contributed by atoms with van der Waals surface area (Å²) in [7, 11) is 1.88. The molecular weight excluding hydrogens is 400 g/mol. The third-order valence-corrected chi connectivity index (χ3v) is 6.96. The molecule has 3 heterocycles. The predicted molar refractivity (Wildman–Crippen MR) is 121 cm³/mol. The van der Waals surface area contributed by atoms with E-state index in [0.717, 1.165) is 49.2 Å². The lowest BCUT2D eigenvalue weighted by Crippen LogP contribution is -2.32. The monoisotopic (exact) mass is 428 g/mol. The fourth-order valence-electron chi connectivity index (χ4n) is 5.09. The maximum atomic E-state index is 13.1. The Morgan fingerprint density at radius 3 is 2.66 bits per heavy atom. The first kappa shape index (κ1) is 19.7. The molecule has 1 saturated carbocycles. The van der Waals surface area contributed by atoms with Crippen LogP contribution in [0.4, 0.5) is 0 Å². The zero-order valence-corrected chi connectivity index (χ0v) is 18.5. The summed E-state index contributed by atoms with van der Waals surface area (Å²) in [6.45, 7) is 2.26. The van der Waals surface area contributed by atoms with E-state index in [0.29, 0.717) is 12.5 Å². The lowest BCUT2D eigenvalue weighted by molar-refractivity contribution is 0.0545. The predicted octanol–water partition coefficient (Wildman–Crippen LogP) is 4.09. The molecule has 1 unspecified atom stereocenters. The number of amides is 1. The number of rotatable bonds is 6. The Morgan fingerprint density at radius 2 is 1.97 bits per heavy atom. The number of carbonyl (C=O) groups is 1. The Morgan fingerprint density at radius 1 is 1.12 bits per heavy atom. The molecule has 1 saturated heterocycles. The molecule has 1 aromatic heterocycles. The van der Waals surface area contributed by atoms with E-state index in [-0.39, 0.29) is 12.0 Å². The lowest BCUT2D eigenvalue weighted by atomic mass is 9.92. The summed E-state index contributed by atoms with van der Waals surface area (Å²) >= 11 is 0. The minimum absolute atomic E-state index is 0.164. The van der Waals surface area contributed by atoms with Gasteiger partial charge in [0.2, 0.25) is 0 Å². The first-order valence-corrected chi connectivity index (χ1v) is 11.7. The zero-order chi connectivity index (χ0) is 21.7.